The number of benzene rings is 1. The Hall–Kier alpha value is -2.28. The number of rotatable bonds is 4. The average Bonchev–Trinajstić information content (AvgIpc) is 3.00. The SMILES string of the molecule is Cn1cnnc1SCc1c(C(=O)O)oc2ccccc12. The molecular weight excluding hydrogens is 278 g/mol. The van der Waals surface area contributed by atoms with Crippen LogP contribution in [-0.2, 0) is 12.8 Å². The molecule has 2 heterocycles. The van der Waals surface area contributed by atoms with Gasteiger partial charge in [0, 0.05) is 23.8 Å². The number of aromatic nitrogens is 3. The fourth-order valence-corrected chi connectivity index (χ4v) is 2.87. The highest BCUT2D eigenvalue weighted by Gasteiger charge is 2.20. The second-order valence-electron chi connectivity index (χ2n) is 4.22. The summed E-state index contributed by atoms with van der Waals surface area (Å²) < 4.78 is 7.19. The van der Waals surface area contributed by atoms with Gasteiger partial charge in [-0.15, -0.1) is 10.2 Å². The monoisotopic (exact) mass is 289 g/mol. The van der Waals surface area contributed by atoms with Crippen molar-refractivity contribution in [2.45, 2.75) is 10.9 Å². The number of carboxylic acids is 1. The van der Waals surface area contributed by atoms with Crippen LogP contribution in [0.25, 0.3) is 11.0 Å². The average molecular weight is 289 g/mol. The van der Waals surface area contributed by atoms with Crippen LogP contribution in [0, 0.1) is 0 Å². The van der Waals surface area contributed by atoms with Crippen LogP contribution in [0.2, 0.25) is 0 Å². The first-order valence-electron chi connectivity index (χ1n) is 5.87. The minimum Gasteiger partial charge on any atom is -0.475 e. The van der Waals surface area contributed by atoms with Gasteiger partial charge in [0.1, 0.15) is 11.9 Å². The van der Waals surface area contributed by atoms with Crippen molar-refractivity contribution in [2.75, 3.05) is 0 Å². The van der Waals surface area contributed by atoms with Crippen LogP contribution in [0.3, 0.4) is 0 Å². The third-order valence-corrected chi connectivity index (χ3v) is 3.97. The van der Waals surface area contributed by atoms with Gasteiger partial charge in [-0.1, -0.05) is 30.0 Å². The lowest BCUT2D eigenvalue weighted by molar-refractivity contribution is 0.0664. The predicted octanol–water partition coefficient (Wildman–Crippen LogP) is 2.55. The van der Waals surface area contributed by atoms with E-state index in [2.05, 4.69) is 10.2 Å². The Balaban J connectivity index is 1.99. The zero-order valence-electron chi connectivity index (χ0n) is 10.6. The molecule has 1 N–H and O–H groups in total. The first-order valence-corrected chi connectivity index (χ1v) is 6.86. The molecule has 0 amide bonds. The largest absolute Gasteiger partial charge is 0.475 e. The molecule has 20 heavy (non-hydrogen) atoms. The summed E-state index contributed by atoms with van der Waals surface area (Å²) in [6, 6.07) is 7.30. The highest BCUT2D eigenvalue weighted by atomic mass is 32.2. The van der Waals surface area contributed by atoms with Crippen molar-refractivity contribution in [1.29, 1.82) is 0 Å². The van der Waals surface area contributed by atoms with Crippen molar-refractivity contribution in [2.24, 2.45) is 7.05 Å². The topological polar surface area (TPSA) is 81.2 Å². The van der Waals surface area contributed by atoms with E-state index in [-0.39, 0.29) is 5.76 Å². The third-order valence-electron chi connectivity index (χ3n) is 2.91. The minimum absolute atomic E-state index is 0.0131. The number of aromatic carboxylic acids is 1. The smallest absolute Gasteiger partial charge is 0.372 e. The summed E-state index contributed by atoms with van der Waals surface area (Å²) in [5.41, 5.74) is 1.25. The van der Waals surface area contributed by atoms with Gasteiger partial charge < -0.3 is 14.1 Å². The van der Waals surface area contributed by atoms with E-state index in [0.717, 1.165) is 10.5 Å². The van der Waals surface area contributed by atoms with Crippen molar-refractivity contribution in [3.63, 3.8) is 0 Å². The third kappa shape index (κ3) is 2.16. The standard InChI is InChI=1S/C13H11N3O3S/c1-16-7-14-15-13(16)20-6-9-8-4-2-3-5-10(8)19-11(9)12(17)18/h2-5,7H,6H2,1H3,(H,17,18). The van der Waals surface area contributed by atoms with Crippen LogP contribution in [0.5, 0.6) is 0 Å². The second-order valence-corrected chi connectivity index (χ2v) is 5.17. The number of carbonyl (C=O) groups is 1. The van der Waals surface area contributed by atoms with Crippen molar-refractivity contribution in [3.05, 3.63) is 41.9 Å². The summed E-state index contributed by atoms with van der Waals surface area (Å²) in [5, 5.41) is 18.6. The van der Waals surface area contributed by atoms with Gasteiger partial charge in [-0.05, 0) is 6.07 Å². The summed E-state index contributed by atoms with van der Waals surface area (Å²) >= 11 is 1.42. The number of thioether (sulfide) groups is 1. The quantitative estimate of drug-likeness (QED) is 0.743. The Kier molecular flexibility index (Phi) is 3.19. The number of para-hydroxylation sites is 1. The predicted molar refractivity (Wildman–Crippen MR) is 73.7 cm³/mol. The van der Waals surface area contributed by atoms with Gasteiger partial charge >= 0.3 is 5.97 Å². The molecule has 0 atom stereocenters. The van der Waals surface area contributed by atoms with E-state index < -0.39 is 5.97 Å². The normalized spacial score (nSPS) is 11.1. The molecule has 3 aromatic rings. The maximum atomic E-state index is 11.3. The molecule has 0 fully saturated rings. The Labute approximate surface area is 118 Å². The molecule has 0 unspecified atom stereocenters. The van der Waals surface area contributed by atoms with Gasteiger partial charge in [0.25, 0.3) is 0 Å². The molecular formula is C13H11N3O3S. The van der Waals surface area contributed by atoms with Crippen LogP contribution in [-0.4, -0.2) is 25.8 Å². The Morgan fingerprint density at radius 3 is 2.95 bits per heavy atom. The molecule has 0 saturated carbocycles. The van der Waals surface area contributed by atoms with E-state index in [0.29, 0.717) is 16.9 Å². The number of aryl methyl sites for hydroxylation is 1. The molecule has 0 spiro atoms. The van der Waals surface area contributed by atoms with Crippen molar-refractivity contribution >= 4 is 28.7 Å². The summed E-state index contributed by atoms with van der Waals surface area (Å²) in [5.74, 6) is -0.610. The van der Waals surface area contributed by atoms with E-state index in [1.54, 1.807) is 17.0 Å². The molecule has 0 bridgehead atoms. The molecule has 102 valence electrons. The van der Waals surface area contributed by atoms with Gasteiger partial charge in [-0.25, -0.2) is 4.79 Å². The van der Waals surface area contributed by atoms with E-state index in [1.165, 1.54) is 11.8 Å². The maximum Gasteiger partial charge on any atom is 0.372 e. The Morgan fingerprint density at radius 2 is 2.25 bits per heavy atom. The number of hydrogen-bond acceptors (Lipinski definition) is 5. The maximum absolute atomic E-state index is 11.3. The fourth-order valence-electron chi connectivity index (χ4n) is 1.95. The highest BCUT2D eigenvalue weighted by molar-refractivity contribution is 7.98. The second kappa shape index (κ2) is 5.01. The van der Waals surface area contributed by atoms with Crippen molar-refractivity contribution in [3.8, 4) is 0 Å². The summed E-state index contributed by atoms with van der Waals surface area (Å²) in [4.78, 5) is 11.3. The number of furan rings is 1. The van der Waals surface area contributed by atoms with E-state index >= 15 is 0 Å². The molecule has 0 aliphatic carbocycles. The van der Waals surface area contributed by atoms with Gasteiger partial charge in [-0.3, -0.25) is 0 Å². The molecule has 0 aliphatic heterocycles. The molecule has 0 aliphatic rings. The summed E-state index contributed by atoms with van der Waals surface area (Å²) in [6.07, 6.45) is 1.61. The summed E-state index contributed by atoms with van der Waals surface area (Å²) in [7, 11) is 1.84. The molecule has 2 aromatic heterocycles. The van der Waals surface area contributed by atoms with Crippen LogP contribution in [0.15, 0.2) is 40.2 Å². The zero-order chi connectivity index (χ0) is 14.1. The lowest BCUT2D eigenvalue weighted by Crippen LogP contribution is -1.98. The lowest BCUT2D eigenvalue weighted by atomic mass is 10.1. The number of nitrogens with zero attached hydrogens (tertiary/aromatic N) is 3. The highest BCUT2D eigenvalue weighted by Crippen LogP contribution is 2.31. The van der Waals surface area contributed by atoms with E-state index in [4.69, 9.17) is 4.42 Å². The first-order chi connectivity index (χ1) is 9.66. The minimum atomic E-state index is -1.06. The van der Waals surface area contributed by atoms with Gasteiger partial charge in [0.15, 0.2) is 5.16 Å². The van der Waals surface area contributed by atoms with E-state index in [1.807, 2.05) is 25.2 Å². The van der Waals surface area contributed by atoms with Gasteiger partial charge in [0.2, 0.25) is 5.76 Å². The fraction of sp³-hybridized carbons (Fsp3) is 0.154. The van der Waals surface area contributed by atoms with Gasteiger partial charge in [0.05, 0.1) is 0 Å². The number of hydrogen-bond donors (Lipinski definition) is 1. The molecule has 6 nitrogen and oxygen atoms in total. The molecule has 0 saturated heterocycles. The first kappa shape index (κ1) is 12.7. The molecule has 0 radical (unpaired) electrons. The van der Waals surface area contributed by atoms with Crippen molar-refractivity contribution in [1.82, 2.24) is 14.8 Å². The molecule has 7 heteroatoms. The van der Waals surface area contributed by atoms with Crippen LogP contribution >= 0.6 is 11.8 Å². The zero-order valence-corrected chi connectivity index (χ0v) is 11.4. The van der Waals surface area contributed by atoms with Crippen LogP contribution in [0.4, 0.5) is 0 Å². The summed E-state index contributed by atoms with van der Waals surface area (Å²) in [6.45, 7) is 0. The van der Waals surface area contributed by atoms with Crippen LogP contribution in [0.1, 0.15) is 16.1 Å². The van der Waals surface area contributed by atoms with Gasteiger partial charge in [-0.2, -0.15) is 0 Å². The molecule has 3 rings (SSSR count). The van der Waals surface area contributed by atoms with Crippen LogP contribution < -0.4 is 0 Å². The number of fused-ring (bicyclic) bond motifs is 1. The Bertz CT molecular complexity index is 778. The number of carboxylic acid groups (broad SMARTS) is 1. The molecule has 1 aromatic carbocycles. The lowest BCUT2D eigenvalue weighted by Gasteiger charge is -2.00. The van der Waals surface area contributed by atoms with Crippen molar-refractivity contribution < 1.29 is 14.3 Å². The Morgan fingerprint density at radius 1 is 1.45 bits per heavy atom. The van der Waals surface area contributed by atoms with E-state index in [9.17, 15) is 9.90 Å².